The molecule has 106 valence electrons. The molecule has 0 aromatic carbocycles. The summed E-state index contributed by atoms with van der Waals surface area (Å²) < 4.78 is 5.43. The molecule has 2 fully saturated rings. The summed E-state index contributed by atoms with van der Waals surface area (Å²) in [5, 5.41) is 9.41. The molecule has 0 aromatic rings. The Bertz CT molecular complexity index is 271. The molecular formula is C14H28N2O2. The predicted molar refractivity (Wildman–Crippen MR) is 72.4 cm³/mol. The van der Waals surface area contributed by atoms with Crippen molar-refractivity contribution in [3.05, 3.63) is 0 Å². The van der Waals surface area contributed by atoms with Crippen LogP contribution in [-0.4, -0.2) is 55.0 Å². The molecule has 1 aliphatic carbocycles. The van der Waals surface area contributed by atoms with Crippen LogP contribution in [0.5, 0.6) is 0 Å². The first-order chi connectivity index (χ1) is 8.52. The number of aliphatic hydroxyl groups excluding tert-OH is 1. The van der Waals surface area contributed by atoms with Gasteiger partial charge in [0.05, 0.1) is 25.9 Å². The molecule has 18 heavy (non-hydrogen) atoms. The van der Waals surface area contributed by atoms with Crippen LogP contribution >= 0.6 is 0 Å². The lowest BCUT2D eigenvalue weighted by atomic mass is 9.70. The number of nitrogens with two attached hydrogens (primary N) is 1. The van der Waals surface area contributed by atoms with E-state index >= 15 is 0 Å². The Hall–Kier alpha value is -0.160. The van der Waals surface area contributed by atoms with Crippen LogP contribution in [0.15, 0.2) is 0 Å². The highest BCUT2D eigenvalue weighted by molar-refractivity contribution is 4.90. The average Bonchev–Trinajstić information content (AvgIpc) is 2.34. The molecule has 0 amide bonds. The van der Waals surface area contributed by atoms with E-state index in [4.69, 9.17) is 10.5 Å². The third-order valence-corrected chi connectivity index (χ3v) is 4.60. The molecule has 3 atom stereocenters. The monoisotopic (exact) mass is 256 g/mol. The molecule has 1 aliphatic heterocycles. The van der Waals surface area contributed by atoms with Gasteiger partial charge in [-0.2, -0.15) is 0 Å². The van der Waals surface area contributed by atoms with Crippen molar-refractivity contribution in [3.8, 4) is 0 Å². The van der Waals surface area contributed by atoms with Crippen LogP contribution in [0.1, 0.15) is 33.1 Å². The zero-order valence-electron chi connectivity index (χ0n) is 11.8. The minimum Gasteiger partial charge on any atom is -0.395 e. The summed E-state index contributed by atoms with van der Waals surface area (Å²) in [5.74, 6) is 0.556. The van der Waals surface area contributed by atoms with Gasteiger partial charge in [0.15, 0.2) is 0 Å². The molecule has 1 saturated heterocycles. The van der Waals surface area contributed by atoms with Crippen molar-refractivity contribution in [3.63, 3.8) is 0 Å². The summed E-state index contributed by atoms with van der Waals surface area (Å²) in [6, 6.07) is 0.483. The second-order valence-corrected chi connectivity index (χ2v) is 6.74. The number of rotatable bonds is 3. The molecule has 0 radical (unpaired) electrons. The molecule has 3 unspecified atom stereocenters. The van der Waals surface area contributed by atoms with Crippen LogP contribution in [0.2, 0.25) is 0 Å². The van der Waals surface area contributed by atoms with Gasteiger partial charge in [-0.15, -0.1) is 0 Å². The largest absolute Gasteiger partial charge is 0.395 e. The lowest BCUT2D eigenvalue weighted by Gasteiger charge is -2.43. The van der Waals surface area contributed by atoms with Crippen LogP contribution < -0.4 is 5.73 Å². The van der Waals surface area contributed by atoms with E-state index < -0.39 is 0 Å². The van der Waals surface area contributed by atoms with Crippen molar-refractivity contribution in [2.45, 2.75) is 45.2 Å². The first-order valence-electron chi connectivity index (χ1n) is 7.20. The zero-order valence-corrected chi connectivity index (χ0v) is 11.8. The van der Waals surface area contributed by atoms with Crippen molar-refractivity contribution in [2.24, 2.45) is 17.1 Å². The second kappa shape index (κ2) is 5.87. The Kier molecular flexibility index (Phi) is 4.64. The molecule has 1 heterocycles. The maximum atomic E-state index is 9.41. The van der Waals surface area contributed by atoms with Crippen molar-refractivity contribution in [2.75, 3.05) is 32.9 Å². The Balaban J connectivity index is 1.93. The lowest BCUT2D eigenvalue weighted by Crippen LogP contribution is -2.52. The zero-order chi connectivity index (χ0) is 13.2. The Morgan fingerprint density at radius 2 is 2.22 bits per heavy atom. The van der Waals surface area contributed by atoms with E-state index in [9.17, 15) is 5.11 Å². The predicted octanol–water partition coefficient (Wildman–Crippen LogP) is 0.833. The minimum absolute atomic E-state index is 0.163. The summed E-state index contributed by atoms with van der Waals surface area (Å²) in [4.78, 5) is 2.37. The molecule has 3 N–H and O–H groups in total. The normalized spacial score (nSPS) is 37.7. The summed E-state index contributed by atoms with van der Waals surface area (Å²) in [6.45, 7) is 8.24. The fraction of sp³-hybridized carbons (Fsp3) is 1.00. The number of ether oxygens (including phenoxy) is 1. The molecule has 0 spiro atoms. The number of hydrogen-bond donors (Lipinski definition) is 2. The third-order valence-electron chi connectivity index (χ3n) is 4.60. The fourth-order valence-corrected chi connectivity index (χ4v) is 3.36. The van der Waals surface area contributed by atoms with Gasteiger partial charge in [0.1, 0.15) is 0 Å². The lowest BCUT2D eigenvalue weighted by molar-refractivity contribution is -0.0403. The Labute approximate surface area is 110 Å². The van der Waals surface area contributed by atoms with Crippen LogP contribution in [-0.2, 0) is 4.74 Å². The maximum absolute atomic E-state index is 9.41. The van der Waals surface area contributed by atoms with Gasteiger partial charge in [0.25, 0.3) is 0 Å². The Morgan fingerprint density at radius 3 is 2.94 bits per heavy atom. The standard InChI is InChI=1S/C14H28N2O2/c1-14(2)4-3-13(15)11(7-14)8-16-5-6-18-10-12(16)9-17/h11-13,17H,3-10,15H2,1-2H3. The van der Waals surface area contributed by atoms with E-state index in [1.165, 1.54) is 12.8 Å². The highest BCUT2D eigenvalue weighted by atomic mass is 16.5. The SMILES string of the molecule is CC1(C)CCC(N)C(CN2CCOCC2CO)C1. The van der Waals surface area contributed by atoms with Gasteiger partial charge >= 0.3 is 0 Å². The third kappa shape index (κ3) is 3.44. The first kappa shape index (κ1) is 14.3. The highest BCUT2D eigenvalue weighted by Gasteiger charge is 2.35. The molecule has 4 nitrogen and oxygen atoms in total. The molecule has 1 saturated carbocycles. The molecule has 2 rings (SSSR count). The van der Waals surface area contributed by atoms with Gasteiger partial charge in [-0.25, -0.2) is 0 Å². The van der Waals surface area contributed by atoms with E-state index in [0.29, 0.717) is 24.0 Å². The van der Waals surface area contributed by atoms with E-state index in [0.717, 1.165) is 26.1 Å². The molecular weight excluding hydrogens is 228 g/mol. The maximum Gasteiger partial charge on any atom is 0.0644 e. The topological polar surface area (TPSA) is 58.7 Å². The highest BCUT2D eigenvalue weighted by Crippen LogP contribution is 2.38. The first-order valence-corrected chi connectivity index (χ1v) is 7.20. The molecule has 0 aromatic heterocycles. The van der Waals surface area contributed by atoms with Crippen molar-refractivity contribution >= 4 is 0 Å². The smallest absolute Gasteiger partial charge is 0.0644 e. The number of hydrogen-bond acceptors (Lipinski definition) is 4. The minimum atomic E-state index is 0.163. The second-order valence-electron chi connectivity index (χ2n) is 6.74. The summed E-state index contributed by atoms with van der Waals surface area (Å²) >= 11 is 0. The molecule has 2 aliphatic rings. The van der Waals surface area contributed by atoms with E-state index in [1.807, 2.05) is 0 Å². The fourth-order valence-electron chi connectivity index (χ4n) is 3.36. The average molecular weight is 256 g/mol. The number of morpholine rings is 1. The van der Waals surface area contributed by atoms with Crippen molar-refractivity contribution in [1.29, 1.82) is 0 Å². The summed E-state index contributed by atoms with van der Waals surface area (Å²) in [5.41, 5.74) is 6.70. The van der Waals surface area contributed by atoms with Gasteiger partial charge in [-0.05, 0) is 30.6 Å². The summed E-state index contributed by atoms with van der Waals surface area (Å²) in [7, 11) is 0. The quantitative estimate of drug-likeness (QED) is 0.785. The Morgan fingerprint density at radius 1 is 1.44 bits per heavy atom. The number of aliphatic hydroxyl groups is 1. The van der Waals surface area contributed by atoms with Crippen LogP contribution in [0, 0.1) is 11.3 Å². The van der Waals surface area contributed by atoms with E-state index in [2.05, 4.69) is 18.7 Å². The van der Waals surface area contributed by atoms with Crippen LogP contribution in [0.25, 0.3) is 0 Å². The molecule has 4 heteroatoms. The number of nitrogens with zero attached hydrogens (tertiary/aromatic N) is 1. The van der Waals surface area contributed by atoms with Gasteiger partial charge in [0.2, 0.25) is 0 Å². The van der Waals surface area contributed by atoms with Crippen molar-refractivity contribution < 1.29 is 9.84 Å². The molecule has 0 bridgehead atoms. The van der Waals surface area contributed by atoms with Gasteiger partial charge in [-0.1, -0.05) is 13.8 Å². The van der Waals surface area contributed by atoms with Crippen LogP contribution in [0.3, 0.4) is 0 Å². The van der Waals surface area contributed by atoms with Gasteiger partial charge < -0.3 is 15.6 Å². The van der Waals surface area contributed by atoms with Gasteiger partial charge in [-0.3, -0.25) is 4.90 Å². The van der Waals surface area contributed by atoms with Crippen molar-refractivity contribution in [1.82, 2.24) is 4.90 Å². The van der Waals surface area contributed by atoms with Gasteiger partial charge in [0, 0.05) is 19.1 Å². The van der Waals surface area contributed by atoms with E-state index in [-0.39, 0.29) is 12.6 Å². The van der Waals surface area contributed by atoms with E-state index in [1.54, 1.807) is 0 Å². The van der Waals surface area contributed by atoms with Crippen LogP contribution in [0.4, 0.5) is 0 Å². The summed E-state index contributed by atoms with van der Waals surface area (Å²) in [6.07, 6.45) is 3.56.